The minimum absolute atomic E-state index is 0.0961. The zero-order chi connectivity index (χ0) is 37.8. The van der Waals surface area contributed by atoms with Crippen molar-refractivity contribution in [3.05, 3.63) is 108 Å². The lowest BCUT2D eigenvalue weighted by molar-refractivity contribution is -0.138. The van der Waals surface area contributed by atoms with Gasteiger partial charge in [0.05, 0.1) is 35.9 Å². The van der Waals surface area contributed by atoms with Crippen LogP contribution in [0.25, 0.3) is 33.6 Å². The van der Waals surface area contributed by atoms with Gasteiger partial charge in [0.1, 0.15) is 23.7 Å². The number of imidazole rings is 2. The van der Waals surface area contributed by atoms with E-state index in [0.717, 1.165) is 83.8 Å². The second-order valence-electron chi connectivity index (χ2n) is 14.1. The third kappa shape index (κ3) is 7.52. The number of nitrogens with one attached hydrogen (secondary N) is 3. The second kappa shape index (κ2) is 16.1. The second-order valence-corrected chi connectivity index (χ2v) is 14.1. The van der Waals surface area contributed by atoms with E-state index in [2.05, 4.69) is 87.5 Å². The van der Waals surface area contributed by atoms with Crippen LogP contribution in [0.5, 0.6) is 0 Å². The third-order valence-electron chi connectivity index (χ3n) is 10.9. The summed E-state index contributed by atoms with van der Waals surface area (Å²) >= 11 is 0. The van der Waals surface area contributed by atoms with Crippen molar-refractivity contribution < 1.29 is 19.5 Å². The minimum Gasteiger partial charge on any atom is -0.465 e. The predicted octanol–water partition coefficient (Wildman–Crippen LogP) is 7.20. The van der Waals surface area contributed by atoms with Crippen LogP contribution in [0.3, 0.4) is 0 Å². The molecule has 7 rings (SSSR count). The SMILES string of the molecule is CCN(CC)C(C(=O)N1CCC[C@H]1c1ncc(-c2ccc(-c3ccc(-c4cnc([C@H]5CCCN5C(=O)C(C)NC(=O)O)[nH]4)cc3)cc2)[nH]1)c1ccccc1. The van der Waals surface area contributed by atoms with Crippen molar-refractivity contribution in [3.8, 4) is 33.6 Å². The Morgan fingerprint density at radius 1 is 0.741 bits per heavy atom. The van der Waals surface area contributed by atoms with Gasteiger partial charge in [-0.2, -0.15) is 0 Å². The Hall–Kier alpha value is -5.75. The first-order valence-electron chi connectivity index (χ1n) is 19.0. The Labute approximate surface area is 315 Å². The summed E-state index contributed by atoms with van der Waals surface area (Å²) in [5.74, 6) is 1.39. The molecular weight excluding hydrogens is 681 g/mol. The number of hydrogen-bond acceptors (Lipinski definition) is 6. The molecule has 12 nitrogen and oxygen atoms in total. The maximum Gasteiger partial charge on any atom is 0.405 e. The molecule has 0 saturated carbocycles. The highest BCUT2D eigenvalue weighted by Gasteiger charge is 2.38. The molecule has 12 heteroatoms. The highest BCUT2D eigenvalue weighted by Crippen LogP contribution is 2.36. The summed E-state index contributed by atoms with van der Waals surface area (Å²) in [5, 5.41) is 11.3. The minimum atomic E-state index is -1.22. The van der Waals surface area contributed by atoms with Crippen LogP contribution in [0, 0.1) is 0 Å². The van der Waals surface area contributed by atoms with Crippen molar-refractivity contribution in [2.45, 2.75) is 70.6 Å². The van der Waals surface area contributed by atoms with E-state index in [1.165, 1.54) is 0 Å². The standard InChI is InChI=1S/C42H48N8O4/c1-4-48(5-2)37(32-11-7-6-8-12-32)41(52)50-24-10-14-36(50)39-44-26-34(47-39)31-21-17-29(18-22-31)28-15-19-30(20-16-28)33-25-43-38(46-33)35-13-9-23-49(35)40(51)27(3)45-42(53)54/h6-8,11-12,15-22,25-27,35-37,45H,4-5,9-10,13-14,23-24H2,1-3H3,(H,43,46)(H,44,47)(H,53,54)/t27?,35-,36+,37?/m1/s1. The summed E-state index contributed by atoms with van der Waals surface area (Å²) in [6.45, 7) is 8.63. The number of hydrogen-bond donors (Lipinski definition) is 4. The van der Waals surface area contributed by atoms with Crippen LogP contribution in [-0.2, 0) is 9.59 Å². The number of nitrogens with zero attached hydrogens (tertiary/aromatic N) is 5. The zero-order valence-electron chi connectivity index (χ0n) is 31.0. The number of aromatic nitrogens is 4. The molecule has 2 aliphatic rings. The van der Waals surface area contributed by atoms with Gasteiger partial charge >= 0.3 is 6.09 Å². The first-order chi connectivity index (χ1) is 26.2. The quantitative estimate of drug-likeness (QED) is 0.106. The number of carboxylic acid groups (broad SMARTS) is 1. The van der Waals surface area contributed by atoms with E-state index in [4.69, 9.17) is 10.1 Å². The first kappa shape index (κ1) is 36.6. The molecule has 3 aromatic carbocycles. The third-order valence-corrected chi connectivity index (χ3v) is 10.9. The normalized spacial score (nSPS) is 18.2. The van der Waals surface area contributed by atoms with Gasteiger partial charge in [-0.05, 0) is 73.5 Å². The van der Waals surface area contributed by atoms with Gasteiger partial charge in [0.15, 0.2) is 0 Å². The largest absolute Gasteiger partial charge is 0.465 e. The molecule has 54 heavy (non-hydrogen) atoms. The lowest BCUT2D eigenvalue weighted by Gasteiger charge is -2.34. The van der Waals surface area contributed by atoms with Crippen molar-refractivity contribution in [1.29, 1.82) is 0 Å². The maximum atomic E-state index is 14.2. The van der Waals surface area contributed by atoms with Crippen molar-refractivity contribution in [2.24, 2.45) is 0 Å². The molecule has 0 radical (unpaired) electrons. The number of carbonyl (C=O) groups is 3. The van der Waals surface area contributed by atoms with Gasteiger partial charge in [-0.15, -0.1) is 0 Å². The number of amides is 3. The molecule has 0 spiro atoms. The molecule has 2 aliphatic heterocycles. The number of likely N-dealkylation sites (N-methyl/N-ethyl adjacent to an activating group) is 1. The molecule has 5 aromatic rings. The molecule has 280 valence electrons. The van der Waals surface area contributed by atoms with E-state index >= 15 is 0 Å². The molecule has 0 bridgehead atoms. The number of carbonyl (C=O) groups excluding carboxylic acids is 2. The molecule has 0 aliphatic carbocycles. The number of rotatable bonds is 12. The lowest BCUT2D eigenvalue weighted by atomic mass is 10.0. The van der Waals surface area contributed by atoms with Crippen LogP contribution in [0.15, 0.2) is 91.3 Å². The molecule has 2 unspecified atom stereocenters. The molecular formula is C42H48N8O4. The Morgan fingerprint density at radius 3 is 1.67 bits per heavy atom. The van der Waals surface area contributed by atoms with E-state index in [1.54, 1.807) is 18.0 Å². The first-order valence-corrected chi connectivity index (χ1v) is 19.0. The number of benzene rings is 3. The van der Waals surface area contributed by atoms with Crippen molar-refractivity contribution in [1.82, 2.24) is 40.0 Å². The van der Waals surface area contributed by atoms with E-state index in [0.29, 0.717) is 18.9 Å². The fraction of sp³-hybridized carbons (Fsp3) is 0.357. The summed E-state index contributed by atoms with van der Waals surface area (Å²) < 4.78 is 0. The number of aromatic amines is 2. The average Bonchev–Trinajstić information content (AvgIpc) is 4.03. The molecule has 3 amide bonds. The van der Waals surface area contributed by atoms with Crippen LogP contribution in [0.2, 0.25) is 0 Å². The Kier molecular flexibility index (Phi) is 10.9. The van der Waals surface area contributed by atoms with Crippen molar-refractivity contribution in [2.75, 3.05) is 26.2 Å². The predicted molar refractivity (Wildman–Crippen MR) is 207 cm³/mol. The average molecular weight is 729 g/mol. The van der Waals surface area contributed by atoms with Crippen LogP contribution in [0.4, 0.5) is 4.79 Å². The van der Waals surface area contributed by atoms with Crippen LogP contribution >= 0.6 is 0 Å². The molecule has 2 aromatic heterocycles. The highest BCUT2D eigenvalue weighted by molar-refractivity contribution is 5.85. The van der Waals surface area contributed by atoms with Crippen LogP contribution in [-0.4, -0.2) is 89.9 Å². The van der Waals surface area contributed by atoms with Crippen molar-refractivity contribution in [3.63, 3.8) is 0 Å². The molecule has 4 N–H and O–H groups in total. The molecule has 4 atom stereocenters. The van der Waals surface area contributed by atoms with Crippen molar-refractivity contribution >= 4 is 17.9 Å². The highest BCUT2D eigenvalue weighted by atomic mass is 16.4. The summed E-state index contributed by atoms with van der Waals surface area (Å²) in [6.07, 6.45) is 5.83. The number of H-pyrrole nitrogens is 2. The topological polar surface area (TPSA) is 151 Å². The van der Waals surface area contributed by atoms with E-state index in [1.807, 2.05) is 41.4 Å². The fourth-order valence-electron chi connectivity index (χ4n) is 8.01. The van der Waals surface area contributed by atoms with Gasteiger partial charge < -0.3 is 30.2 Å². The van der Waals surface area contributed by atoms with Crippen LogP contribution in [0.1, 0.15) is 81.8 Å². The van der Waals surface area contributed by atoms with Gasteiger partial charge in [0.25, 0.3) is 0 Å². The molecule has 4 heterocycles. The monoisotopic (exact) mass is 728 g/mol. The Balaban J connectivity index is 1.02. The summed E-state index contributed by atoms with van der Waals surface area (Å²) in [5.41, 5.74) is 6.94. The van der Waals surface area contributed by atoms with Gasteiger partial charge in [0, 0.05) is 13.1 Å². The van der Waals surface area contributed by atoms with E-state index < -0.39 is 12.1 Å². The van der Waals surface area contributed by atoms with E-state index in [9.17, 15) is 14.4 Å². The van der Waals surface area contributed by atoms with Crippen LogP contribution < -0.4 is 5.32 Å². The zero-order valence-corrected chi connectivity index (χ0v) is 31.0. The molecule has 2 saturated heterocycles. The molecule has 2 fully saturated rings. The van der Waals surface area contributed by atoms with Gasteiger partial charge in [0.2, 0.25) is 11.8 Å². The summed E-state index contributed by atoms with van der Waals surface area (Å²) in [4.78, 5) is 60.5. The van der Waals surface area contributed by atoms with Gasteiger partial charge in [-0.25, -0.2) is 14.8 Å². The fourth-order valence-corrected chi connectivity index (χ4v) is 8.01. The Bertz CT molecular complexity index is 2060. The van der Waals surface area contributed by atoms with Gasteiger partial charge in [-0.1, -0.05) is 92.7 Å². The summed E-state index contributed by atoms with van der Waals surface area (Å²) in [6, 6.07) is 25.3. The van der Waals surface area contributed by atoms with E-state index in [-0.39, 0.29) is 29.9 Å². The Morgan fingerprint density at radius 2 is 1.20 bits per heavy atom. The maximum absolute atomic E-state index is 14.2. The summed E-state index contributed by atoms with van der Waals surface area (Å²) in [7, 11) is 0. The smallest absolute Gasteiger partial charge is 0.405 e. The lowest BCUT2D eigenvalue weighted by Crippen LogP contribution is -2.46. The number of likely N-dealkylation sites (tertiary alicyclic amines) is 2. The van der Waals surface area contributed by atoms with Gasteiger partial charge in [-0.3, -0.25) is 14.5 Å².